The summed E-state index contributed by atoms with van der Waals surface area (Å²) >= 11 is 6.23. The number of fused-ring (bicyclic) bond motifs is 3. The Hall–Kier alpha value is -3.80. The number of hydrogen-bond donors (Lipinski definition) is 2. The highest BCUT2D eigenvalue weighted by Gasteiger charge is 2.31. The second kappa shape index (κ2) is 9.74. The Labute approximate surface area is 229 Å². The van der Waals surface area contributed by atoms with Gasteiger partial charge in [0.15, 0.2) is 0 Å². The first kappa shape index (κ1) is 25.5. The van der Waals surface area contributed by atoms with Gasteiger partial charge in [0.05, 0.1) is 24.5 Å². The zero-order chi connectivity index (χ0) is 27.4. The second-order valence-corrected chi connectivity index (χ2v) is 10.6. The first-order valence-electron chi connectivity index (χ1n) is 12.9. The lowest BCUT2D eigenvalue weighted by molar-refractivity contribution is 0.0792. The maximum Gasteiger partial charge on any atom is 0.259 e. The lowest BCUT2D eigenvalue weighted by atomic mass is 9.95. The molecule has 202 valence electrons. The van der Waals surface area contributed by atoms with Crippen LogP contribution in [-0.4, -0.2) is 70.3 Å². The standard InChI is InChI=1S/C27H30ClN9O2/c1-15-9-18(16(2)31-21-5-6-22(28)32-24(21)25-29-14-34(3)33-25)23-19(10-15)27(39)35(4)26-20(23)11-30-37(26)17-12-36(13-17)7-8-38/h5-6,9-11,14,16-17,31,38H,7-8,12-13H2,1-4H3. The fourth-order valence-corrected chi connectivity index (χ4v) is 5.69. The van der Waals surface area contributed by atoms with Crippen molar-refractivity contribution in [3.05, 3.63) is 63.4 Å². The quantitative estimate of drug-likeness (QED) is 0.298. The average molecular weight is 548 g/mol. The van der Waals surface area contributed by atoms with Crippen molar-refractivity contribution >= 4 is 39.1 Å². The summed E-state index contributed by atoms with van der Waals surface area (Å²) in [4.78, 5) is 24.7. The van der Waals surface area contributed by atoms with Crippen molar-refractivity contribution in [1.82, 2.24) is 39.0 Å². The molecule has 0 bridgehead atoms. The minimum atomic E-state index is -0.194. The SMILES string of the molecule is Cc1cc(C(C)Nc2ccc(Cl)nc2-c2ncn(C)n2)c2c(c1)c(=O)n(C)c1c2cnn1C1CN(CCO)C1. The lowest BCUT2D eigenvalue weighted by Gasteiger charge is -2.39. The highest BCUT2D eigenvalue weighted by Crippen LogP contribution is 2.35. The van der Waals surface area contributed by atoms with E-state index >= 15 is 0 Å². The van der Waals surface area contributed by atoms with E-state index in [0.717, 1.165) is 46.3 Å². The number of aromatic nitrogens is 7. The van der Waals surface area contributed by atoms with Gasteiger partial charge in [-0.05, 0) is 43.2 Å². The van der Waals surface area contributed by atoms with E-state index in [9.17, 15) is 9.90 Å². The largest absolute Gasteiger partial charge is 0.395 e. The molecule has 5 aromatic rings. The number of pyridine rings is 2. The number of β-amino-alcohol motifs (C(OH)–C–C–N with tert-alkyl or cyclic N) is 1. The van der Waals surface area contributed by atoms with E-state index in [1.54, 1.807) is 28.7 Å². The summed E-state index contributed by atoms with van der Waals surface area (Å²) in [7, 11) is 3.61. The zero-order valence-corrected chi connectivity index (χ0v) is 23.0. The van der Waals surface area contributed by atoms with Crippen molar-refractivity contribution in [3.8, 4) is 11.5 Å². The van der Waals surface area contributed by atoms with Gasteiger partial charge in [-0.15, -0.1) is 5.10 Å². The number of hydrogen-bond acceptors (Lipinski definition) is 8. The van der Waals surface area contributed by atoms with E-state index in [1.807, 2.05) is 37.0 Å². The minimum Gasteiger partial charge on any atom is -0.395 e. The van der Waals surface area contributed by atoms with E-state index in [4.69, 9.17) is 16.7 Å². The molecule has 39 heavy (non-hydrogen) atoms. The molecular weight excluding hydrogens is 518 g/mol. The van der Waals surface area contributed by atoms with E-state index in [0.29, 0.717) is 28.6 Å². The molecule has 4 aromatic heterocycles. The molecule has 1 atom stereocenters. The third-order valence-corrected chi connectivity index (χ3v) is 7.63. The van der Waals surface area contributed by atoms with Crippen LogP contribution >= 0.6 is 11.6 Å². The van der Waals surface area contributed by atoms with Crippen molar-refractivity contribution in [2.24, 2.45) is 14.1 Å². The Bertz CT molecular complexity index is 1770. The monoisotopic (exact) mass is 547 g/mol. The van der Waals surface area contributed by atoms with Crippen molar-refractivity contribution in [2.45, 2.75) is 25.9 Å². The predicted molar refractivity (Wildman–Crippen MR) is 151 cm³/mol. The van der Waals surface area contributed by atoms with E-state index < -0.39 is 0 Å². The summed E-state index contributed by atoms with van der Waals surface area (Å²) in [6, 6.07) is 7.62. The van der Waals surface area contributed by atoms with E-state index in [-0.39, 0.29) is 24.2 Å². The molecule has 0 radical (unpaired) electrons. The Morgan fingerprint density at radius 3 is 2.72 bits per heavy atom. The van der Waals surface area contributed by atoms with Gasteiger partial charge in [0.25, 0.3) is 5.56 Å². The number of halogens is 1. The number of nitrogens with one attached hydrogen (secondary N) is 1. The van der Waals surface area contributed by atoms with Crippen molar-refractivity contribution < 1.29 is 5.11 Å². The van der Waals surface area contributed by atoms with Gasteiger partial charge in [-0.3, -0.25) is 18.9 Å². The van der Waals surface area contributed by atoms with Crippen LogP contribution in [0.3, 0.4) is 0 Å². The Balaban J connectivity index is 1.47. The van der Waals surface area contributed by atoms with Crippen LogP contribution in [0.4, 0.5) is 5.69 Å². The summed E-state index contributed by atoms with van der Waals surface area (Å²) in [5, 5.41) is 24.8. The van der Waals surface area contributed by atoms with Crippen LogP contribution in [0.2, 0.25) is 5.15 Å². The van der Waals surface area contributed by atoms with Crippen LogP contribution in [-0.2, 0) is 14.1 Å². The Morgan fingerprint density at radius 2 is 2.00 bits per heavy atom. The van der Waals surface area contributed by atoms with Gasteiger partial charge in [-0.2, -0.15) is 5.10 Å². The van der Waals surface area contributed by atoms with Gasteiger partial charge in [0.1, 0.15) is 22.8 Å². The lowest BCUT2D eigenvalue weighted by Crippen LogP contribution is -2.49. The Kier molecular flexibility index (Phi) is 6.37. The summed E-state index contributed by atoms with van der Waals surface area (Å²) in [6.07, 6.45) is 3.49. The zero-order valence-electron chi connectivity index (χ0n) is 22.3. The topological polar surface area (TPSA) is 119 Å². The normalized spacial score (nSPS) is 15.2. The molecule has 11 nitrogen and oxygen atoms in total. The van der Waals surface area contributed by atoms with Crippen molar-refractivity contribution in [1.29, 1.82) is 0 Å². The van der Waals surface area contributed by atoms with Gasteiger partial charge >= 0.3 is 0 Å². The fourth-order valence-electron chi connectivity index (χ4n) is 5.54. The second-order valence-electron chi connectivity index (χ2n) is 10.2. The number of rotatable bonds is 7. The van der Waals surface area contributed by atoms with Crippen molar-refractivity contribution in [2.75, 3.05) is 31.6 Å². The van der Waals surface area contributed by atoms with E-state index in [1.165, 1.54) is 0 Å². The number of aryl methyl sites for hydroxylation is 3. The highest BCUT2D eigenvalue weighted by molar-refractivity contribution is 6.29. The highest BCUT2D eigenvalue weighted by atomic mass is 35.5. The van der Waals surface area contributed by atoms with Gasteiger partial charge < -0.3 is 10.4 Å². The molecule has 0 aliphatic carbocycles. The fraction of sp³-hybridized carbons (Fsp3) is 0.370. The third-order valence-electron chi connectivity index (χ3n) is 7.42. The number of nitrogens with zero attached hydrogens (tertiary/aromatic N) is 8. The molecule has 6 rings (SSSR count). The molecule has 12 heteroatoms. The Morgan fingerprint density at radius 1 is 1.21 bits per heavy atom. The molecule has 2 N–H and O–H groups in total. The van der Waals surface area contributed by atoms with Crippen LogP contribution in [0, 0.1) is 6.92 Å². The molecule has 1 aliphatic rings. The molecular formula is C27H30ClN9O2. The predicted octanol–water partition coefficient (Wildman–Crippen LogP) is 3.06. The average Bonchev–Trinajstić information content (AvgIpc) is 3.51. The number of aliphatic hydroxyl groups excluding tert-OH is 1. The summed E-state index contributed by atoms with van der Waals surface area (Å²) < 4.78 is 5.28. The summed E-state index contributed by atoms with van der Waals surface area (Å²) in [5.41, 5.74) is 4.01. The van der Waals surface area contributed by atoms with Crippen LogP contribution in [0.15, 0.2) is 41.6 Å². The molecule has 1 unspecified atom stereocenters. The van der Waals surface area contributed by atoms with Gasteiger partial charge in [0, 0.05) is 55.9 Å². The van der Waals surface area contributed by atoms with Crippen LogP contribution < -0.4 is 10.9 Å². The van der Waals surface area contributed by atoms with Crippen LogP contribution in [0.1, 0.15) is 30.1 Å². The maximum absolute atomic E-state index is 13.7. The number of anilines is 1. The third kappa shape index (κ3) is 4.36. The first-order valence-corrected chi connectivity index (χ1v) is 13.3. The molecule has 1 saturated heterocycles. The van der Waals surface area contributed by atoms with Gasteiger partial charge in [-0.1, -0.05) is 17.7 Å². The molecule has 1 aromatic carbocycles. The number of aliphatic hydroxyl groups is 1. The van der Waals surface area contributed by atoms with Gasteiger partial charge in [-0.25, -0.2) is 14.6 Å². The van der Waals surface area contributed by atoms with Crippen LogP contribution in [0.25, 0.3) is 33.3 Å². The molecule has 0 amide bonds. The maximum atomic E-state index is 13.7. The first-order chi connectivity index (χ1) is 18.7. The number of benzene rings is 1. The van der Waals surface area contributed by atoms with Crippen LogP contribution in [0.5, 0.6) is 0 Å². The molecule has 5 heterocycles. The van der Waals surface area contributed by atoms with E-state index in [2.05, 4.69) is 38.3 Å². The molecule has 0 saturated carbocycles. The van der Waals surface area contributed by atoms with Crippen molar-refractivity contribution in [3.63, 3.8) is 0 Å². The summed E-state index contributed by atoms with van der Waals surface area (Å²) in [6.45, 7) is 6.40. The molecule has 0 spiro atoms. The molecule has 1 fully saturated rings. The number of likely N-dealkylation sites (tertiary alicyclic amines) is 1. The smallest absolute Gasteiger partial charge is 0.259 e. The molecule has 1 aliphatic heterocycles. The minimum absolute atomic E-state index is 0.0607. The van der Waals surface area contributed by atoms with Gasteiger partial charge in [0.2, 0.25) is 5.82 Å². The summed E-state index contributed by atoms with van der Waals surface area (Å²) in [5.74, 6) is 0.470.